The summed E-state index contributed by atoms with van der Waals surface area (Å²) in [6.45, 7) is 0. The number of allylic oxidation sites excluding steroid dienone is 1. The molecular weight excluding hydrogens is 140 g/mol. The van der Waals surface area contributed by atoms with Gasteiger partial charge in [-0.05, 0) is 0 Å². The van der Waals surface area contributed by atoms with Crippen LogP contribution in [0.4, 0.5) is 5.82 Å². The number of H-pyrrole nitrogens is 1. The van der Waals surface area contributed by atoms with E-state index in [9.17, 15) is 0 Å². The molecule has 0 spiro atoms. The maximum Gasteiger partial charge on any atom is 0.149 e. The number of aromatic nitrogens is 2. The van der Waals surface area contributed by atoms with Crippen LogP contribution in [0.3, 0.4) is 0 Å². The largest absolute Gasteiger partial charge is 0.261 e. The molecule has 0 amide bonds. The second-order valence-corrected chi connectivity index (χ2v) is 2.20. The molecule has 0 aromatic carbocycles. The van der Waals surface area contributed by atoms with Gasteiger partial charge in [0.15, 0.2) is 0 Å². The summed E-state index contributed by atoms with van der Waals surface area (Å²) in [6, 6.07) is 1.87. The van der Waals surface area contributed by atoms with Gasteiger partial charge >= 0.3 is 0 Å². The Kier molecular flexibility index (Phi) is 1.44. The van der Waals surface area contributed by atoms with E-state index in [0.29, 0.717) is 0 Å². The van der Waals surface area contributed by atoms with E-state index in [-0.39, 0.29) is 0 Å². The Bertz CT molecular complexity index is 261. The lowest BCUT2D eigenvalue weighted by molar-refractivity contribution is 0.977. The van der Waals surface area contributed by atoms with Gasteiger partial charge in [-0.15, -0.1) is 0 Å². The third kappa shape index (κ3) is 1.14. The molecule has 0 saturated carbocycles. The summed E-state index contributed by atoms with van der Waals surface area (Å²) in [5.74, 6) is 0.886. The van der Waals surface area contributed by atoms with Gasteiger partial charge in [-0.25, -0.2) is 5.01 Å². The van der Waals surface area contributed by atoms with E-state index >= 15 is 0 Å². The molecule has 1 aliphatic rings. The lowest BCUT2D eigenvalue weighted by Crippen LogP contribution is -2.10. The van der Waals surface area contributed by atoms with Crippen LogP contribution in [0.25, 0.3) is 0 Å². The molecule has 0 aliphatic carbocycles. The predicted octanol–water partition coefficient (Wildman–Crippen LogP) is 1.12. The standard InChI is InChI=1S/C7H8N4/c1-2-6-11(9-4-1)7-3-5-8-10-7/h2-6H,1H2,(H,8,10). The maximum atomic E-state index is 4.12. The smallest absolute Gasteiger partial charge is 0.149 e. The molecule has 0 fully saturated rings. The SMILES string of the molecule is C1=CN(c2ccn[nH]2)N=CC1. The first-order chi connectivity index (χ1) is 5.47. The fourth-order valence-corrected chi connectivity index (χ4v) is 0.914. The van der Waals surface area contributed by atoms with Crippen LogP contribution in [0.2, 0.25) is 0 Å². The Balaban J connectivity index is 2.23. The highest BCUT2D eigenvalue weighted by Crippen LogP contribution is 2.11. The molecule has 0 unspecified atom stereocenters. The van der Waals surface area contributed by atoms with Crippen molar-refractivity contribution in [1.82, 2.24) is 10.2 Å². The third-order valence-electron chi connectivity index (χ3n) is 1.43. The summed E-state index contributed by atoms with van der Waals surface area (Å²) in [4.78, 5) is 0. The summed E-state index contributed by atoms with van der Waals surface area (Å²) >= 11 is 0. The van der Waals surface area contributed by atoms with E-state index in [4.69, 9.17) is 0 Å². The number of hydrogen-bond donors (Lipinski definition) is 1. The van der Waals surface area contributed by atoms with Crippen LogP contribution in [0.15, 0.2) is 29.6 Å². The first-order valence-electron chi connectivity index (χ1n) is 3.44. The highest BCUT2D eigenvalue weighted by atomic mass is 15.5. The molecule has 0 bridgehead atoms. The molecule has 1 aromatic heterocycles. The first kappa shape index (κ1) is 6.15. The van der Waals surface area contributed by atoms with Gasteiger partial charge in [-0.3, -0.25) is 5.10 Å². The van der Waals surface area contributed by atoms with Crippen molar-refractivity contribution in [1.29, 1.82) is 0 Å². The molecule has 4 heteroatoms. The Morgan fingerprint density at radius 2 is 2.55 bits per heavy atom. The second-order valence-electron chi connectivity index (χ2n) is 2.20. The number of hydrogen-bond acceptors (Lipinski definition) is 3. The summed E-state index contributed by atoms with van der Waals surface area (Å²) in [5, 5.41) is 12.5. The van der Waals surface area contributed by atoms with E-state index in [1.165, 1.54) is 0 Å². The number of aromatic amines is 1. The van der Waals surface area contributed by atoms with Gasteiger partial charge in [0.25, 0.3) is 0 Å². The summed E-state index contributed by atoms with van der Waals surface area (Å²) < 4.78 is 0. The van der Waals surface area contributed by atoms with Crippen molar-refractivity contribution in [3.63, 3.8) is 0 Å². The van der Waals surface area contributed by atoms with E-state index < -0.39 is 0 Å². The molecule has 4 nitrogen and oxygen atoms in total. The first-order valence-corrected chi connectivity index (χ1v) is 3.44. The van der Waals surface area contributed by atoms with Crippen LogP contribution in [0, 0.1) is 0 Å². The van der Waals surface area contributed by atoms with Gasteiger partial charge in [0.05, 0.1) is 6.20 Å². The highest BCUT2D eigenvalue weighted by Gasteiger charge is 2.02. The molecule has 0 radical (unpaired) electrons. The van der Waals surface area contributed by atoms with Crippen LogP contribution >= 0.6 is 0 Å². The molecule has 1 N–H and O–H groups in total. The lowest BCUT2D eigenvalue weighted by Gasteiger charge is -2.12. The number of nitrogens with one attached hydrogen (secondary N) is 1. The van der Waals surface area contributed by atoms with Crippen LogP contribution in [0.1, 0.15) is 6.42 Å². The molecule has 1 aromatic rings. The Morgan fingerprint density at radius 1 is 1.55 bits per heavy atom. The van der Waals surface area contributed by atoms with Crippen LogP contribution < -0.4 is 5.01 Å². The number of rotatable bonds is 1. The van der Waals surface area contributed by atoms with Crippen LogP contribution in [-0.2, 0) is 0 Å². The van der Waals surface area contributed by atoms with Crippen LogP contribution in [0.5, 0.6) is 0 Å². The topological polar surface area (TPSA) is 44.3 Å². The van der Waals surface area contributed by atoms with Crippen molar-refractivity contribution in [2.24, 2.45) is 5.10 Å². The fourth-order valence-electron chi connectivity index (χ4n) is 0.914. The van der Waals surface area contributed by atoms with Crippen molar-refractivity contribution in [2.45, 2.75) is 6.42 Å². The van der Waals surface area contributed by atoms with Crippen molar-refractivity contribution in [3.8, 4) is 0 Å². The quantitative estimate of drug-likeness (QED) is 0.648. The van der Waals surface area contributed by atoms with Gasteiger partial charge in [-0.1, -0.05) is 6.08 Å². The van der Waals surface area contributed by atoms with E-state index in [2.05, 4.69) is 15.3 Å². The zero-order chi connectivity index (χ0) is 7.52. The van der Waals surface area contributed by atoms with E-state index in [1.54, 1.807) is 11.2 Å². The molecule has 0 saturated heterocycles. The molecular formula is C7H8N4. The summed E-state index contributed by atoms with van der Waals surface area (Å²) in [5.41, 5.74) is 0. The normalized spacial score (nSPS) is 15.8. The van der Waals surface area contributed by atoms with E-state index in [0.717, 1.165) is 12.2 Å². The predicted molar refractivity (Wildman–Crippen MR) is 43.3 cm³/mol. The van der Waals surface area contributed by atoms with Crippen molar-refractivity contribution in [2.75, 3.05) is 5.01 Å². The van der Waals surface area contributed by atoms with Gasteiger partial charge in [-0.2, -0.15) is 10.2 Å². The molecule has 1 aliphatic heterocycles. The molecule has 2 heterocycles. The molecule has 11 heavy (non-hydrogen) atoms. The van der Waals surface area contributed by atoms with Crippen LogP contribution in [-0.4, -0.2) is 16.4 Å². The Labute approximate surface area is 64.2 Å². The molecule has 56 valence electrons. The minimum absolute atomic E-state index is 0.886. The van der Waals surface area contributed by atoms with Gasteiger partial charge in [0.2, 0.25) is 0 Å². The van der Waals surface area contributed by atoms with E-state index in [1.807, 2.05) is 24.6 Å². The van der Waals surface area contributed by atoms with Crippen molar-refractivity contribution >= 4 is 12.0 Å². The zero-order valence-electron chi connectivity index (χ0n) is 5.94. The van der Waals surface area contributed by atoms with Gasteiger partial charge < -0.3 is 0 Å². The highest BCUT2D eigenvalue weighted by molar-refractivity contribution is 5.64. The number of anilines is 1. The molecule has 0 atom stereocenters. The molecule has 2 rings (SSSR count). The minimum atomic E-state index is 0.886. The average Bonchev–Trinajstić information content (AvgIpc) is 2.58. The monoisotopic (exact) mass is 148 g/mol. The Hall–Kier alpha value is -1.58. The average molecular weight is 148 g/mol. The number of nitrogens with zero attached hydrogens (tertiary/aromatic N) is 3. The summed E-state index contributed by atoms with van der Waals surface area (Å²) in [6.07, 6.45) is 8.40. The number of hydrazone groups is 1. The third-order valence-corrected chi connectivity index (χ3v) is 1.43. The van der Waals surface area contributed by atoms with Gasteiger partial charge in [0, 0.05) is 24.9 Å². The minimum Gasteiger partial charge on any atom is -0.261 e. The summed E-state index contributed by atoms with van der Waals surface area (Å²) in [7, 11) is 0. The lowest BCUT2D eigenvalue weighted by atomic mass is 10.4. The van der Waals surface area contributed by atoms with Crippen molar-refractivity contribution in [3.05, 3.63) is 24.5 Å². The maximum absolute atomic E-state index is 4.12. The van der Waals surface area contributed by atoms with Crippen molar-refractivity contribution < 1.29 is 0 Å². The fraction of sp³-hybridized carbons (Fsp3) is 0.143. The second kappa shape index (κ2) is 2.57. The zero-order valence-corrected chi connectivity index (χ0v) is 5.94. The van der Waals surface area contributed by atoms with Gasteiger partial charge in [0.1, 0.15) is 5.82 Å². The Morgan fingerprint density at radius 3 is 3.18 bits per heavy atom.